The molecule has 0 aliphatic heterocycles. The van der Waals surface area contributed by atoms with Crippen molar-refractivity contribution in [3.8, 4) is 0 Å². The number of amides is 1. The average molecular weight is 416 g/mol. The Balaban J connectivity index is 1.76. The number of thioether (sulfide) groups is 1. The highest BCUT2D eigenvalue weighted by Crippen LogP contribution is 2.32. The highest BCUT2D eigenvalue weighted by molar-refractivity contribution is 7.99. The van der Waals surface area contributed by atoms with Gasteiger partial charge in [0.1, 0.15) is 5.60 Å². The molecule has 1 aliphatic carbocycles. The molecule has 1 fully saturated rings. The number of hydrogen-bond acceptors (Lipinski definition) is 6. The zero-order valence-electron chi connectivity index (χ0n) is 15.8. The summed E-state index contributed by atoms with van der Waals surface area (Å²) in [5.41, 5.74) is 0.662. The Morgan fingerprint density at radius 2 is 1.93 bits per heavy atom. The van der Waals surface area contributed by atoms with E-state index in [4.69, 9.17) is 21.6 Å². The predicted octanol–water partition coefficient (Wildman–Crippen LogP) is 5.04. The van der Waals surface area contributed by atoms with E-state index >= 15 is 0 Å². The molecule has 6 nitrogen and oxygen atoms in total. The van der Waals surface area contributed by atoms with Crippen molar-refractivity contribution in [1.82, 2.24) is 5.32 Å². The van der Waals surface area contributed by atoms with Gasteiger partial charge in [0, 0.05) is 22.1 Å². The lowest BCUT2D eigenvalue weighted by Crippen LogP contribution is -2.41. The van der Waals surface area contributed by atoms with Crippen molar-refractivity contribution >= 4 is 35.4 Å². The molecule has 1 amide bonds. The van der Waals surface area contributed by atoms with Crippen LogP contribution in [-0.4, -0.2) is 34.2 Å². The summed E-state index contributed by atoms with van der Waals surface area (Å²) < 4.78 is 5.30. The molecule has 0 radical (unpaired) electrons. The fraction of sp³-hybridized carbons (Fsp3) is 0.579. The molecule has 1 aromatic rings. The Labute approximate surface area is 168 Å². The first kappa shape index (κ1) is 21.9. The standard InChI is InChI=1S/C19H26ClNO5S/c1-19(2,3)25-18(23)21-14-6-8-15(9-7-14)27-11-13-5-4-12(10-16(13)20)17(22)26-24/h4-5,10,14-15,24H,6-9,11H2,1-3H3,(H,21,23). The van der Waals surface area contributed by atoms with Crippen molar-refractivity contribution in [2.75, 3.05) is 0 Å². The second kappa shape index (κ2) is 9.66. The van der Waals surface area contributed by atoms with Crippen molar-refractivity contribution in [1.29, 1.82) is 0 Å². The zero-order valence-corrected chi connectivity index (χ0v) is 17.4. The highest BCUT2D eigenvalue weighted by atomic mass is 35.5. The lowest BCUT2D eigenvalue weighted by Gasteiger charge is -2.29. The summed E-state index contributed by atoms with van der Waals surface area (Å²) in [5, 5.41) is 12.3. The van der Waals surface area contributed by atoms with Crippen LogP contribution in [0.4, 0.5) is 4.79 Å². The van der Waals surface area contributed by atoms with E-state index < -0.39 is 11.6 Å². The summed E-state index contributed by atoms with van der Waals surface area (Å²) in [6, 6.07) is 5.01. The first-order valence-electron chi connectivity index (χ1n) is 8.93. The molecule has 0 spiro atoms. The molecule has 8 heteroatoms. The molecule has 0 unspecified atom stereocenters. The molecule has 0 bridgehead atoms. The number of carbonyl (C=O) groups is 2. The van der Waals surface area contributed by atoms with E-state index in [0.29, 0.717) is 10.3 Å². The molecule has 0 aromatic heterocycles. The Morgan fingerprint density at radius 3 is 2.48 bits per heavy atom. The van der Waals surface area contributed by atoms with Crippen LogP contribution in [0.3, 0.4) is 0 Å². The third kappa shape index (κ3) is 7.24. The number of carbonyl (C=O) groups excluding carboxylic acids is 2. The van der Waals surface area contributed by atoms with Crippen LogP contribution in [0.1, 0.15) is 62.4 Å². The maximum atomic E-state index is 11.9. The SMILES string of the molecule is CC(C)(C)OC(=O)NC1CCC(SCc2ccc(C(=O)OO)cc2Cl)CC1. The largest absolute Gasteiger partial charge is 0.444 e. The van der Waals surface area contributed by atoms with Gasteiger partial charge in [-0.05, 0) is 64.2 Å². The summed E-state index contributed by atoms with van der Waals surface area (Å²) in [6.07, 6.45) is 3.51. The van der Waals surface area contributed by atoms with Crippen molar-refractivity contribution in [3.63, 3.8) is 0 Å². The summed E-state index contributed by atoms with van der Waals surface area (Å²) >= 11 is 8.04. The number of alkyl carbamates (subject to hydrolysis) is 1. The number of halogens is 1. The summed E-state index contributed by atoms with van der Waals surface area (Å²) in [4.78, 5) is 26.9. The number of hydrogen-bond donors (Lipinski definition) is 2. The molecule has 0 heterocycles. The van der Waals surface area contributed by atoms with Crippen LogP contribution in [0.2, 0.25) is 5.02 Å². The van der Waals surface area contributed by atoms with Crippen LogP contribution in [0.25, 0.3) is 0 Å². The van der Waals surface area contributed by atoms with E-state index in [0.717, 1.165) is 37.0 Å². The minimum atomic E-state index is -0.827. The molecular formula is C19H26ClNO5S. The summed E-state index contributed by atoms with van der Waals surface area (Å²) in [5.74, 6) is -0.0887. The van der Waals surface area contributed by atoms with Crippen molar-refractivity contribution in [2.45, 2.75) is 69.1 Å². The fourth-order valence-electron chi connectivity index (χ4n) is 2.90. The second-order valence-corrected chi connectivity index (χ2v) is 9.31. The van der Waals surface area contributed by atoms with Gasteiger partial charge in [-0.2, -0.15) is 17.0 Å². The van der Waals surface area contributed by atoms with Crippen LogP contribution in [0.5, 0.6) is 0 Å². The van der Waals surface area contributed by atoms with E-state index in [1.54, 1.807) is 12.1 Å². The van der Waals surface area contributed by atoms with Gasteiger partial charge < -0.3 is 10.1 Å². The molecule has 0 atom stereocenters. The molecule has 2 rings (SSSR count). The number of ether oxygens (including phenoxy) is 1. The van der Waals surface area contributed by atoms with Crippen LogP contribution >= 0.6 is 23.4 Å². The highest BCUT2D eigenvalue weighted by Gasteiger charge is 2.25. The van der Waals surface area contributed by atoms with Gasteiger partial charge in [-0.15, -0.1) is 0 Å². The van der Waals surface area contributed by atoms with Crippen molar-refractivity contribution < 1.29 is 24.5 Å². The van der Waals surface area contributed by atoms with E-state index in [1.807, 2.05) is 32.5 Å². The van der Waals surface area contributed by atoms with Gasteiger partial charge >= 0.3 is 12.1 Å². The minimum absolute atomic E-state index is 0.157. The van der Waals surface area contributed by atoms with E-state index in [9.17, 15) is 9.59 Å². The smallest absolute Gasteiger partial charge is 0.407 e. The quantitative estimate of drug-likeness (QED) is 0.517. The first-order chi connectivity index (χ1) is 12.7. The molecule has 27 heavy (non-hydrogen) atoms. The summed E-state index contributed by atoms with van der Waals surface area (Å²) in [7, 11) is 0. The van der Waals surface area contributed by atoms with Crippen LogP contribution in [-0.2, 0) is 15.4 Å². The second-order valence-electron chi connectivity index (χ2n) is 7.62. The predicted molar refractivity (Wildman–Crippen MR) is 106 cm³/mol. The van der Waals surface area contributed by atoms with E-state index in [1.165, 1.54) is 6.07 Å². The number of benzene rings is 1. The van der Waals surface area contributed by atoms with Crippen LogP contribution in [0, 0.1) is 0 Å². The normalized spacial score (nSPS) is 20.0. The fourth-order valence-corrected chi connectivity index (χ4v) is 4.50. The molecule has 1 saturated carbocycles. The summed E-state index contributed by atoms with van der Waals surface area (Å²) in [6.45, 7) is 5.56. The Morgan fingerprint density at radius 1 is 1.26 bits per heavy atom. The zero-order chi connectivity index (χ0) is 20.0. The van der Waals surface area contributed by atoms with E-state index in [-0.39, 0.29) is 17.7 Å². The Hall–Kier alpha value is -1.44. The van der Waals surface area contributed by atoms with Gasteiger partial charge in [0.2, 0.25) is 0 Å². The van der Waals surface area contributed by atoms with Crippen LogP contribution < -0.4 is 5.32 Å². The number of rotatable bonds is 5. The van der Waals surface area contributed by atoms with Gasteiger partial charge in [0.25, 0.3) is 0 Å². The van der Waals surface area contributed by atoms with Gasteiger partial charge in [0.05, 0.1) is 5.56 Å². The minimum Gasteiger partial charge on any atom is -0.444 e. The maximum absolute atomic E-state index is 11.9. The molecule has 1 aliphatic rings. The Bertz CT molecular complexity index is 669. The number of nitrogens with one attached hydrogen (secondary N) is 1. The molecular weight excluding hydrogens is 390 g/mol. The monoisotopic (exact) mass is 415 g/mol. The van der Waals surface area contributed by atoms with Gasteiger partial charge in [-0.1, -0.05) is 17.7 Å². The Kier molecular flexibility index (Phi) is 7.82. The van der Waals surface area contributed by atoms with Gasteiger partial charge in [-0.3, -0.25) is 4.89 Å². The maximum Gasteiger partial charge on any atom is 0.407 e. The average Bonchev–Trinajstić information content (AvgIpc) is 2.59. The van der Waals surface area contributed by atoms with Crippen LogP contribution in [0.15, 0.2) is 18.2 Å². The molecule has 0 saturated heterocycles. The lowest BCUT2D eigenvalue weighted by atomic mass is 9.95. The van der Waals surface area contributed by atoms with Crippen molar-refractivity contribution in [2.24, 2.45) is 0 Å². The third-order valence-corrected chi connectivity index (χ3v) is 6.01. The first-order valence-corrected chi connectivity index (χ1v) is 10.4. The topological polar surface area (TPSA) is 84.9 Å². The molecule has 2 N–H and O–H groups in total. The lowest BCUT2D eigenvalue weighted by molar-refractivity contribution is -0.182. The van der Waals surface area contributed by atoms with E-state index in [2.05, 4.69) is 10.2 Å². The van der Waals surface area contributed by atoms with Crippen molar-refractivity contribution in [3.05, 3.63) is 34.3 Å². The van der Waals surface area contributed by atoms with Gasteiger partial charge in [-0.25, -0.2) is 9.59 Å². The van der Waals surface area contributed by atoms with Gasteiger partial charge in [0.15, 0.2) is 0 Å². The third-order valence-electron chi connectivity index (χ3n) is 4.24. The molecule has 150 valence electrons. The molecule has 1 aromatic carbocycles.